The molecule has 6 heteroatoms. The fourth-order valence-corrected chi connectivity index (χ4v) is 4.07. The molecule has 160 valence electrons. The van der Waals surface area contributed by atoms with Crippen molar-refractivity contribution in [3.05, 3.63) is 88.7 Å². The van der Waals surface area contributed by atoms with Crippen LogP contribution in [0.5, 0.6) is 17.2 Å². The topological polar surface area (TPSA) is 48.0 Å². The van der Waals surface area contributed by atoms with Crippen molar-refractivity contribution < 1.29 is 23.4 Å². The summed E-state index contributed by atoms with van der Waals surface area (Å²) in [5.74, 6) is 1.48. The van der Waals surface area contributed by atoms with Gasteiger partial charge in [0.05, 0.1) is 27.4 Å². The number of methoxy groups -OCH3 is 3. The van der Waals surface area contributed by atoms with Crippen LogP contribution in [0.25, 0.3) is 0 Å². The quantitative estimate of drug-likeness (QED) is 0.602. The molecule has 0 radical (unpaired) electrons. The second kappa shape index (κ2) is 8.68. The van der Waals surface area contributed by atoms with Gasteiger partial charge in [0.25, 0.3) is 5.91 Å². The molecule has 1 amide bonds. The molecule has 3 aromatic rings. The Kier molecular flexibility index (Phi) is 5.80. The Labute approximate surface area is 181 Å². The highest BCUT2D eigenvalue weighted by molar-refractivity contribution is 5.95. The van der Waals surface area contributed by atoms with Gasteiger partial charge in [-0.1, -0.05) is 12.1 Å². The van der Waals surface area contributed by atoms with Crippen LogP contribution in [0.3, 0.4) is 0 Å². The summed E-state index contributed by atoms with van der Waals surface area (Å²) in [6.07, 6.45) is 0.676. The van der Waals surface area contributed by atoms with Crippen molar-refractivity contribution in [3.63, 3.8) is 0 Å². The van der Waals surface area contributed by atoms with Crippen molar-refractivity contribution in [1.82, 2.24) is 4.90 Å². The van der Waals surface area contributed by atoms with E-state index >= 15 is 0 Å². The molecule has 0 saturated heterocycles. The van der Waals surface area contributed by atoms with Crippen molar-refractivity contribution in [2.45, 2.75) is 12.5 Å². The molecule has 1 aliphatic rings. The third-order valence-electron chi connectivity index (χ3n) is 5.66. The molecule has 4 rings (SSSR count). The predicted octanol–water partition coefficient (Wildman–Crippen LogP) is 4.64. The van der Waals surface area contributed by atoms with Gasteiger partial charge in [0.15, 0.2) is 11.5 Å². The summed E-state index contributed by atoms with van der Waals surface area (Å²) >= 11 is 0. The minimum absolute atomic E-state index is 0.152. The van der Waals surface area contributed by atoms with Crippen LogP contribution < -0.4 is 14.2 Å². The SMILES string of the molecule is COc1ccc(C2c3cc(OC)c(OC)cc3CCN2C(=O)c2ccc(F)cc2)cc1. The van der Waals surface area contributed by atoms with Gasteiger partial charge in [-0.2, -0.15) is 0 Å². The number of halogens is 1. The van der Waals surface area contributed by atoms with E-state index in [-0.39, 0.29) is 17.8 Å². The minimum atomic E-state index is -0.371. The summed E-state index contributed by atoms with van der Waals surface area (Å²) in [7, 11) is 4.82. The average Bonchev–Trinajstić information content (AvgIpc) is 2.82. The fourth-order valence-electron chi connectivity index (χ4n) is 4.07. The van der Waals surface area contributed by atoms with Crippen LogP contribution in [-0.4, -0.2) is 38.7 Å². The van der Waals surface area contributed by atoms with Crippen LogP contribution in [0.15, 0.2) is 60.7 Å². The van der Waals surface area contributed by atoms with Crippen LogP contribution >= 0.6 is 0 Å². The Morgan fingerprint density at radius 1 is 0.903 bits per heavy atom. The molecular weight excluding hydrogens is 397 g/mol. The van der Waals surface area contributed by atoms with Gasteiger partial charge in [0.1, 0.15) is 11.6 Å². The Morgan fingerprint density at radius 2 is 1.55 bits per heavy atom. The highest BCUT2D eigenvalue weighted by Crippen LogP contribution is 2.41. The summed E-state index contributed by atoms with van der Waals surface area (Å²) in [5.41, 5.74) is 3.47. The van der Waals surface area contributed by atoms with Gasteiger partial charge in [-0.25, -0.2) is 4.39 Å². The highest BCUT2D eigenvalue weighted by atomic mass is 19.1. The first-order chi connectivity index (χ1) is 15.0. The summed E-state index contributed by atoms with van der Waals surface area (Å²) in [4.78, 5) is 15.3. The van der Waals surface area contributed by atoms with Crippen molar-refractivity contribution in [3.8, 4) is 17.2 Å². The maximum Gasteiger partial charge on any atom is 0.254 e. The molecule has 31 heavy (non-hydrogen) atoms. The molecule has 1 unspecified atom stereocenters. The number of ether oxygens (including phenoxy) is 3. The molecular formula is C25H24FNO4. The summed E-state index contributed by atoms with van der Waals surface area (Å²) in [6, 6.07) is 16.9. The van der Waals surface area contributed by atoms with Crippen molar-refractivity contribution >= 4 is 5.91 Å². The zero-order valence-corrected chi connectivity index (χ0v) is 17.7. The number of hydrogen-bond acceptors (Lipinski definition) is 4. The zero-order valence-electron chi connectivity index (χ0n) is 17.7. The lowest BCUT2D eigenvalue weighted by Gasteiger charge is -2.38. The number of fused-ring (bicyclic) bond motifs is 1. The van der Waals surface area contributed by atoms with E-state index in [1.165, 1.54) is 24.3 Å². The molecule has 1 aliphatic heterocycles. The van der Waals surface area contributed by atoms with E-state index in [0.717, 1.165) is 22.4 Å². The number of hydrogen-bond donors (Lipinski definition) is 0. The third-order valence-corrected chi connectivity index (χ3v) is 5.66. The van der Waals surface area contributed by atoms with Gasteiger partial charge in [-0.3, -0.25) is 4.79 Å². The molecule has 0 aliphatic carbocycles. The van der Waals surface area contributed by atoms with E-state index in [4.69, 9.17) is 14.2 Å². The van der Waals surface area contributed by atoms with Crippen molar-refractivity contribution in [2.24, 2.45) is 0 Å². The molecule has 0 fully saturated rings. The van der Waals surface area contributed by atoms with E-state index in [1.807, 2.05) is 41.3 Å². The van der Waals surface area contributed by atoms with Crippen LogP contribution in [0.4, 0.5) is 4.39 Å². The molecule has 1 atom stereocenters. The molecule has 0 spiro atoms. The maximum absolute atomic E-state index is 13.4. The molecule has 0 bridgehead atoms. The van der Waals surface area contributed by atoms with Crippen LogP contribution in [0, 0.1) is 5.82 Å². The second-order valence-corrected chi connectivity index (χ2v) is 7.34. The summed E-state index contributed by atoms with van der Waals surface area (Å²) in [5, 5.41) is 0. The van der Waals surface area contributed by atoms with Crippen molar-refractivity contribution in [1.29, 1.82) is 0 Å². The standard InChI is InChI=1S/C25H24FNO4/c1-29-20-10-6-16(7-11-20)24-21-15-23(31-3)22(30-2)14-18(21)12-13-27(24)25(28)17-4-8-19(26)9-5-17/h4-11,14-15,24H,12-13H2,1-3H3. The molecule has 0 aromatic heterocycles. The molecule has 5 nitrogen and oxygen atoms in total. The summed E-state index contributed by atoms with van der Waals surface area (Å²) in [6.45, 7) is 0.523. The average molecular weight is 421 g/mol. The monoisotopic (exact) mass is 421 g/mol. The van der Waals surface area contributed by atoms with Gasteiger partial charge >= 0.3 is 0 Å². The summed E-state index contributed by atoms with van der Waals surface area (Å²) < 4.78 is 29.7. The predicted molar refractivity (Wildman–Crippen MR) is 116 cm³/mol. The number of nitrogens with zero attached hydrogens (tertiary/aromatic N) is 1. The first kappa shape index (κ1) is 20.7. The number of benzene rings is 3. The highest BCUT2D eigenvalue weighted by Gasteiger charge is 2.34. The Morgan fingerprint density at radius 3 is 2.16 bits per heavy atom. The van der Waals surface area contributed by atoms with Crippen LogP contribution in [0.2, 0.25) is 0 Å². The number of carbonyl (C=O) groups excluding carboxylic acids is 1. The zero-order chi connectivity index (χ0) is 22.0. The van der Waals surface area contributed by atoms with Gasteiger partial charge in [0.2, 0.25) is 0 Å². The fraction of sp³-hybridized carbons (Fsp3) is 0.240. The minimum Gasteiger partial charge on any atom is -0.497 e. The van der Waals surface area contributed by atoms with Gasteiger partial charge < -0.3 is 19.1 Å². The van der Waals surface area contributed by atoms with E-state index in [9.17, 15) is 9.18 Å². The maximum atomic E-state index is 13.4. The molecule has 3 aromatic carbocycles. The second-order valence-electron chi connectivity index (χ2n) is 7.34. The van der Waals surface area contributed by atoms with E-state index in [2.05, 4.69) is 0 Å². The first-order valence-corrected chi connectivity index (χ1v) is 10.0. The van der Waals surface area contributed by atoms with E-state index < -0.39 is 0 Å². The Bertz CT molecular complexity index is 1080. The normalized spacial score (nSPS) is 15.2. The van der Waals surface area contributed by atoms with Gasteiger partial charge in [0, 0.05) is 12.1 Å². The number of carbonyl (C=O) groups is 1. The lowest BCUT2D eigenvalue weighted by molar-refractivity contribution is 0.0694. The van der Waals surface area contributed by atoms with Crippen LogP contribution in [0.1, 0.15) is 33.1 Å². The lowest BCUT2D eigenvalue weighted by atomic mass is 9.87. The smallest absolute Gasteiger partial charge is 0.254 e. The van der Waals surface area contributed by atoms with Crippen molar-refractivity contribution in [2.75, 3.05) is 27.9 Å². The van der Waals surface area contributed by atoms with Gasteiger partial charge in [-0.15, -0.1) is 0 Å². The third kappa shape index (κ3) is 3.93. The number of rotatable bonds is 5. The Hall–Kier alpha value is -3.54. The largest absolute Gasteiger partial charge is 0.497 e. The first-order valence-electron chi connectivity index (χ1n) is 10.0. The van der Waals surface area contributed by atoms with Gasteiger partial charge in [-0.05, 0) is 71.6 Å². The molecule has 0 saturated carbocycles. The Balaban J connectivity index is 1.83. The lowest BCUT2D eigenvalue weighted by Crippen LogP contribution is -2.40. The van der Waals surface area contributed by atoms with E-state index in [0.29, 0.717) is 30.0 Å². The molecule has 0 N–H and O–H groups in total. The van der Waals surface area contributed by atoms with E-state index in [1.54, 1.807) is 21.3 Å². The number of amides is 1. The van der Waals surface area contributed by atoms with Crippen LogP contribution in [-0.2, 0) is 6.42 Å². The molecule has 1 heterocycles.